The number of hydrogen-bond donors (Lipinski definition) is 3. The summed E-state index contributed by atoms with van der Waals surface area (Å²) in [6.45, 7) is 3.67. The van der Waals surface area contributed by atoms with E-state index in [1.807, 2.05) is 6.92 Å². The number of halogens is 1. The smallest absolute Gasteiger partial charge is 0.324 e. The Morgan fingerprint density at radius 1 is 1.35 bits per heavy atom. The lowest BCUT2D eigenvalue weighted by Gasteiger charge is -2.27. The van der Waals surface area contributed by atoms with Gasteiger partial charge in [-0.3, -0.25) is 24.6 Å². The topological polar surface area (TPSA) is 107 Å². The fraction of sp³-hybridized carbons (Fsp3) is 0.500. The minimum absolute atomic E-state index is 0.0497. The summed E-state index contributed by atoms with van der Waals surface area (Å²) in [5.41, 5.74) is -1.18. The van der Waals surface area contributed by atoms with E-state index in [1.54, 1.807) is 12.1 Å². The molecule has 2 heterocycles. The number of unbranched alkanes of at least 4 members (excludes halogenated alkanes) is 1. The van der Waals surface area contributed by atoms with Crippen LogP contribution in [-0.4, -0.2) is 45.0 Å². The second-order valence-corrected chi connectivity index (χ2v) is 7.93. The summed E-state index contributed by atoms with van der Waals surface area (Å²) in [7, 11) is 0. The molecule has 140 valence electrons. The summed E-state index contributed by atoms with van der Waals surface area (Å²) in [5, 5.41) is 23.0. The highest BCUT2D eigenvalue weighted by Crippen LogP contribution is 2.50. The molecule has 2 aliphatic heterocycles. The zero-order valence-electron chi connectivity index (χ0n) is 14.5. The zero-order valence-corrected chi connectivity index (χ0v) is 16.1. The number of benzene rings is 1. The predicted molar refractivity (Wildman–Crippen MR) is 96.3 cm³/mol. The first-order chi connectivity index (χ1) is 12.2. The molecule has 1 aromatic carbocycles. The van der Waals surface area contributed by atoms with Gasteiger partial charge in [0.1, 0.15) is 11.3 Å². The minimum atomic E-state index is -1.59. The molecule has 1 aromatic rings. The third kappa shape index (κ3) is 2.72. The van der Waals surface area contributed by atoms with Crippen molar-refractivity contribution in [3.63, 3.8) is 0 Å². The number of carboxylic acids is 1. The molecule has 7 nitrogen and oxygen atoms in total. The number of aliphatic carboxylic acids is 1. The molecule has 3 rings (SSSR count). The zero-order chi connectivity index (χ0) is 19.2. The van der Waals surface area contributed by atoms with Crippen LogP contribution in [0.2, 0.25) is 0 Å². The van der Waals surface area contributed by atoms with Gasteiger partial charge in [-0.1, -0.05) is 29.3 Å². The van der Waals surface area contributed by atoms with Crippen LogP contribution in [0.1, 0.15) is 38.3 Å². The van der Waals surface area contributed by atoms with Gasteiger partial charge < -0.3 is 10.2 Å². The second-order valence-electron chi connectivity index (χ2n) is 7.02. The van der Waals surface area contributed by atoms with Crippen molar-refractivity contribution in [2.24, 2.45) is 11.8 Å². The van der Waals surface area contributed by atoms with Crippen LogP contribution in [0.5, 0.6) is 5.75 Å². The van der Waals surface area contributed by atoms with Crippen LogP contribution >= 0.6 is 15.9 Å². The Morgan fingerprint density at radius 2 is 2.04 bits per heavy atom. The third-order valence-electron chi connectivity index (χ3n) is 5.38. The highest BCUT2D eigenvalue weighted by atomic mass is 79.9. The first-order valence-corrected chi connectivity index (χ1v) is 9.36. The minimum Gasteiger partial charge on any atom is -0.508 e. The molecular weight excluding hydrogens is 404 g/mol. The molecule has 3 N–H and O–H groups in total. The van der Waals surface area contributed by atoms with E-state index < -0.39 is 35.3 Å². The highest BCUT2D eigenvalue weighted by Gasteiger charge is 2.66. The summed E-state index contributed by atoms with van der Waals surface area (Å²) in [4.78, 5) is 39.0. The fourth-order valence-corrected chi connectivity index (χ4v) is 4.35. The second kappa shape index (κ2) is 6.66. The van der Waals surface area contributed by atoms with E-state index in [1.165, 1.54) is 17.9 Å². The van der Waals surface area contributed by atoms with Crippen molar-refractivity contribution in [2.75, 3.05) is 6.54 Å². The van der Waals surface area contributed by atoms with Crippen LogP contribution in [0.25, 0.3) is 0 Å². The maximum Gasteiger partial charge on any atom is 0.324 e. The number of hydrogen-bond acceptors (Lipinski definition) is 5. The van der Waals surface area contributed by atoms with Gasteiger partial charge in [-0.05, 0) is 31.5 Å². The lowest BCUT2D eigenvalue weighted by Crippen LogP contribution is -2.53. The van der Waals surface area contributed by atoms with Gasteiger partial charge in [0.2, 0.25) is 11.8 Å². The van der Waals surface area contributed by atoms with Crippen molar-refractivity contribution >= 4 is 33.7 Å². The van der Waals surface area contributed by atoms with Crippen LogP contribution in [0.15, 0.2) is 22.7 Å². The standard InChI is InChI=1S/C18H21BrN2O5/c1-3-4-7-21-15(23)12-13(16(21)24)18(2,17(25)26)20-14(12)10-8-9(19)5-6-11(10)22/h5-6,8,12-14,20,22H,3-4,7H2,1-2H3,(H,25,26)/t12-,13+,14-,18-/m0/s1. The van der Waals surface area contributed by atoms with E-state index in [4.69, 9.17) is 0 Å². The number of nitrogens with zero attached hydrogens (tertiary/aromatic N) is 1. The Balaban J connectivity index is 2.08. The first kappa shape index (κ1) is 18.8. The fourth-order valence-electron chi connectivity index (χ4n) is 3.97. The molecule has 0 bridgehead atoms. The number of imide groups is 1. The maximum absolute atomic E-state index is 13.0. The number of amides is 2. The summed E-state index contributed by atoms with van der Waals surface area (Å²) in [6.07, 6.45) is 1.48. The van der Waals surface area contributed by atoms with E-state index in [9.17, 15) is 24.6 Å². The summed E-state index contributed by atoms with van der Waals surface area (Å²) < 4.78 is 0.687. The van der Waals surface area contributed by atoms with Crippen LogP contribution in [0.3, 0.4) is 0 Å². The van der Waals surface area contributed by atoms with Gasteiger partial charge in [-0.15, -0.1) is 0 Å². The quantitative estimate of drug-likeness (QED) is 0.624. The molecule has 4 atom stereocenters. The van der Waals surface area contributed by atoms with Gasteiger partial charge in [-0.25, -0.2) is 0 Å². The summed E-state index contributed by atoms with van der Waals surface area (Å²) in [6, 6.07) is 4.01. The van der Waals surface area contributed by atoms with Crippen molar-refractivity contribution in [1.82, 2.24) is 10.2 Å². The number of carbonyl (C=O) groups is 3. The molecule has 0 aliphatic carbocycles. The molecule has 0 aromatic heterocycles. The molecule has 0 saturated carbocycles. The van der Waals surface area contributed by atoms with Gasteiger partial charge in [-0.2, -0.15) is 0 Å². The van der Waals surface area contributed by atoms with Crippen LogP contribution in [0, 0.1) is 11.8 Å². The Labute approximate surface area is 159 Å². The number of fused-ring (bicyclic) bond motifs is 1. The number of carboxylic acid groups (broad SMARTS) is 1. The largest absolute Gasteiger partial charge is 0.508 e. The molecule has 8 heteroatoms. The number of nitrogens with one attached hydrogen (secondary N) is 1. The normalized spacial score (nSPS) is 30.7. The van der Waals surface area contributed by atoms with Crippen LogP contribution in [-0.2, 0) is 14.4 Å². The Kier molecular flexibility index (Phi) is 4.83. The number of phenols is 1. The molecule has 2 amide bonds. The van der Waals surface area contributed by atoms with Gasteiger partial charge in [0, 0.05) is 22.6 Å². The van der Waals surface area contributed by atoms with Crippen LogP contribution in [0.4, 0.5) is 0 Å². The summed E-state index contributed by atoms with van der Waals surface area (Å²) in [5.74, 6) is -3.94. The molecule has 2 aliphatic rings. The average Bonchev–Trinajstić information content (AvgIpc) is 3.03. The molecule has 26 heavy (non-hydrogen) atoms. The number of phenolic OH excluding ortho intramolecular Hbond substituents is 1. The van der Waals surface area contributed by atoms with E-state index in [-0.39, 0.29) is 18.2 Å². The van der Waals surface area contributed by atoms with E-state index in [0.29, 0.717) is 16.5 Å². The highest BCUT2D eigenvalue weighted by molar-refractivity contribution is 9.10. The van der Waals surface area contributed by atoms with Crippen molar-refractivity contribution in [2.45, 2.75) is 38.3 Å². The maximum atomic E-state index is 13.0. The average molecular weight is 425 g/mol. The van der Waals surface area contributed by atoms with Gasteiger partial charge >= 0.3 is 5.97 Å². The lowest BCUT2D eigenvalue weighted by atomic mass is 9.80. The van der Waals surface area contributed by atoms with Crippen molar-refractivity contribution < 1.29 is 24.6 Å². The molecule has 0 radical (unpaired) electrons. The first-order valence-electron chi connectivity index (χ1n) is 8.57. The summed E-state index contributed by atoms with van der Waals surface area (Å²) >= 11 is 3.33. The van der Waals surface area contributed by atoms with Crippen molar-refractivity contribution in [3.8, 4) is 5.75 Å². The van der Waals surface area contributed by atoms with Gasteiger partial charge in [0.05, 0.1) is 11.8 Å². The Morgan fingerprint density at radius 3 is 2.65 bits per heavy atom. The van der Waals surface area contributed by atoms with Crippen molar-refractivity contribution in [1.29, 1.82) is 0 Å². The SMILES string of the molecule is CCCCN1C(=O)[C@@H]2[C@H](c3cc(Br)ccc3O)N[C@](C)(C(=O)O)[C@H]2C1=O. The van der Waals surface area contributed by atoms with E-state index >= 15 is 0 Å². The lowest BCUT2D eigenvalue weighted by molar-refractivity contribution is -0.150. The number of rotatable bonds is 5. The van der Waals surface area contributed by atoms with Crippen molar-refractivity contribution in [3.05, 3.63) is 28.2 Å². The molecule has 2 saturated heterocycles. The Bertz CT molecular complexity index is 783. The number of aromatic hydroxyl groups is 1. The van der Waals surface area contributed by atoms with Gasteiger partial charge in [0.15, 0.2) is 0 Å². The molecule has 0 spiro atoms. The monoisotopic (exact) mass is 424 g/mol. The number of likely N-dealkylation sites (tertiary alicyclic amines) is 1. The van der Waals surface area contributed by atoms with Gasteiger partial charge in [0.25, 0.3) is 0 Å². The van der Waals surface area contributed by atoms with E-state index in [2.05, 4.69) is 21.2 Å². The number of carbonyl (C=O) groups excluding carboxylic acids is 2. The third-order valence-corrected chi connectivity index (χ3v) is 5.88. The molecule has 0 unspecified atom stereocenters. The molecule has 2 fully saturated rings. The predicted octanol–water partition coefficient (Wildman–Crippen LogP) is 2.04. The van der Waals surface area contributed by atoms with E-state index in [0.717, 1.165) is 6.42 Å². The van der Waals surface area contributed by atoms with Crippen LogP contribution < -0.4 is 5.32 Å². The Hall–Kier alpha value is -1.93. The molecular formula is C18H21BrN2O5.